The predicted molar refractivity (Wildman–Crippen MR) is 110 cm³/mol. The van der Waals surface area contributed by atoms with Crippen molar-refractivity contribution in [2.45, 2.75) is 40.7 Å². The number of guanidine groups is 1. The van der Waals surface area contributed by atoms with Crippen LogP contribution in [0.5, 0.6) is 5.75 Å². The molecule has 0 aliphatic rings. The lowest BCUT2D eigenvalue weighted by Crippen LogP contribution is -2.38. The molecule has 152 valence electrons. The molecule has 0 saturated carbocycles. The van der Waals surface area contributed by atoms with E-state index in [2.05, 4.69) is 34.8 Å². The molecule has 1 rings (SSSR count). The van der Waals surface area contributed by atoms with Crippen molar-refractivity contribution in [2.24, 2.45) is 10.9 Å². The van der Waals surface area contributed by atoms with Gasteiger partial charge < -0.3 is 25.4 Å². The Kier molecular flexibility index (Phi) is 10.9. The van der Waals surface area contributed by atoms with Crippen molar-refractivity contribution in [3.05, 3.63) is 23.8 Å². The molecular formula is C20H34N4O3. The van der Waals surface area contributed by atoms with E-state index in [1.54, 1.807) is 7.11 Å². The number of anilines is 1. The molecule has 0 aliphatic carbocycles. The Hall–Kier alpha value is -2.28. The number of nitrogens with zero attached hydrogens (tertiary/aromatic N) is 1. The highest BCUT2D eigenvalue weighted by Crippen LogP contribution is 2.25. The molecule has 3 N–H and O–H groups in total. The molecule has 0 fully saturated rings. The summed E-state index contributed by atoms with van der Waals surface area (Å²) in [7, 11) is 1.58. The number of rotatable bonds is 11. The maximum atomic E-state index is 11.3. The summed E-state index contributed by atoms with van der Waals surface area (Å²) in [6, 6.07) is 5.66. The smallest absolute Gasteiger partial charge is 0.221 e. The summed E-state index contributed by atoms with van der Waals surface area (Å²) in [4.78, 5) is 16.0. The van der Waals surface area contributed by atoms with Gasteiger partial charge in [0.05, 0.1) is 19.3 Å². The van der Waals surface area contributed by atoms with Gasteiger partial charge in [0.2, 0.25) is 5.91 Å². The van der Waals surface area contributed by atoms with Crippen LogP contribution in [0.4, 0.5) is 5.69 Å². The molecular weight excluding hydrogens is 344 g/mol. The number of nitrogens with one attached hydrogen (secondary N) is 3. The van der Waals surface area contributed by atoms with Crippen molar-refractivity contribution in [3.8, 4) is 5.75 Å². The summed E-state index contributed by atoms with van der Waals surface area (Å²) in [5.74, 6) is 1.81. The highest BCUT2D eigenvalue weighted by Gasteiger charge is 2.06. The third-order valence-corrected chi connectivity index (χ3v) is 3.55. The lowest BCUT2D eigenvalue weighted by atomic mass is 10.2. The van der Waals surface area contributed by atoms with E-state index < -0.39 is 0 Å². The van der Waals surface area contributed by atoms with E-state index in [0.717, 1.165) is 44.2 Å². The van der Waals surface area contributed by atoms with Crippen LogP contribution in [0.1, 0.15) is 39.7 Å². The van der Waals surface area contributed by atoms with E-state index in [4.69, 9.17) is 9.47 Å². The zero-order valence-corrected chi connectivity index (χ0v) is 17.2. The van der Waals surface area contributed by atoms with E-state index >= 15 is 0 Å². The van der Waals surface area contributed by atoms with Gasteiger partial charge in [-0.1, -0.05) is 19.9 Å². The topological polar surface area (TPSA) is 84.0 Å². The summed E-state index contributed by atoms with van der Waals surface area (Å²) in [6.45, 7) is 11.4. The highest BCUT2D eigenvalue weighted by molar-refractivity contribution is 5.90. The van der Waals surface area contributed by atoms with Gasteiger partial charge in [-0.25, -0.2) is 4.99 Å². The van der Waals surface area contributed by atoms with E-state index in [1.165, 1.54) is 6.92 Å². The fourth-order valence-electron chi connectivity index (χ4n) is 2.35. The van der Waals surface area contributed by atoms with Gasteiger partial charge >= 0.3 is 0 Å². The van der Waals surface area contributed by atoms with Crippen LogP contribution in [-0.4, -0.2) is 45.3 Å². The van der Waals surface area contributed by atoms with E-state index in [-0.39, 0.29) is 5.91 Å². The Morgan fingerprint density at radius 3 is 2.67 bits per heavy atom. The maximum absolute atomic E-state index is 11.3. The summed E-state index contributed by atoms with van der Waals surface area (Å²) in [5.41, 5.74) is 1.63. The first-order valence-electron chi connectivity index (χ1n) is 9.50. The Morgan fingerprint density at radius 1 is 1.26 bits per heavy atom. The van der Waals surface area contributed by atoms with Crippen LogP contribution >= 0.6 is 0 Å². The molecule has 7 heteroatoms. The predicted octanol–water partition coefficient (Wildman–Crippen LogP) is 2.77. The number of aliphatic imine (C=N–C) groups is 1. The number of carbonyl (C=O) groups excluding carboxylic acids is 1. The fraction of sp³-hybridized carbons (Fsp3) is 0.600. The van der Waals surface area contributed by atoms with Crippen LogP contribution < -0.4 is 20.7 Å². The first-order chi connectivity index (χ1) is 13.0. The van der Waals surface area contributed by atoms with Crippen LogP contribution in [0, 0.1) is 5.92 Å². The third kappa shape index (κ3) is 9.84. The zero-order valence-electron chi connectivity index (χ0n) is 17.2. The number of benzene rings is 1. The second-order valence-electron chi connectivity index (χ2n) is 6.66. The SMILES string of the molecule is CCNC(=NCc1ccc(OC)c(NC(C)=O)c1)NCCCOCC(C)C. The van der Waals surface area contributed by atoms with Gasteiger partial charge in [-0.2, -0.15) is 0 Å². The van der Waals surface area contributed by atoms with Gasteiger partial charge in [-0.15, -0.1) is 0 Å². The summed E-state index contributed by atoms with van der Waals surface area (Å²) in [6.07, 6.45) is 0.923. The first kappa shape index (κ1) is 22.8. The normalized spacial score (nSPS) is 11.4. The van der Waals surface area contributed by atoms with Crippen LogP contribution in [0.15, 0.2) is 23.2 Å². The standard InChI is InChI=1S/C20H34N4O3/c1-6-21-20(22-10-7-11-27-14-15(2)3)23-13-17-8-9-19(26-5)18(12-17)24-16(4)25/h8-9,12,15H,6-7,10-11,13-14H2,1-5H3,(H,24,25)(H2,21,22,23). The number of hydrogen-bond donors (Lipinski definition) is 3. The zero-order chi connectivity index (χ0) is 20.1. The van der Waals surface area contributed by atoms with Gasteiger partial charge in [0.15, 0.2) is 5.96 Å². The molecule has 0 heterocycles. The van der Waals surface area contributed by atoms with Crippen molar-refractivity contribution in [1.82, 2.24) is 10.6 Å². The van der Waals surface area contributed by atoms with Crippen molar-refractivity contribution in [1.29, 1.82) is 0 Å². The van der Waals surface area contributed by atoms with Gasteiger partial charge in [-0.05, 0) is 37.0 Å². The molecule has 1 aromatic rings. The molecule has 0 saturated heterocycles. The van der Waals surface area contributed by atoms with Crippen LogP contribution in [0.3, 0.4) is 0 Å². The number of carbonyl (C=O) groups is 1. The molecule has 0 atom stereocenters. The van der Waals surface area contributed by atoms with Crippen LogP contribution in [-0.2, 0) is 16.1 Å². The Morgan fingerprint density at radius 2 is 2.04 bits per heavy atom. The van der Waals surface area contributed by atoms with E-state index in [0.29, 0.717) is 23.9 Å². The summed E-state index contributed by atoms with van der Waals surface area (Å²) < 4.78 is 10.9. The van der Waals surface area contributed by atoms with Crippen LogP contribution in [0.2, 0.25) is 0 Å². The third-order valence-electron chi connectivity index (χ3n) is 3.55. The van der Waals surface area contributed by atoms with Crippen molar-refractivity contribution < 1.29 is 14.3 Å². The van der Waals surface area contributed by atoms with Crippen molar-refractivity contribution >= 4 is 17.6 Å². The Bertz CT molecular complexity index is 603. The lowest BCUT2D eigenvalue weighted by molar-refractivity contribution is -0.114. The van der Waals surface area contributed by atoms with E-state index in [9.17, 15) is 4.79 Å². The molecule has 0 aliphatic heterocycles. The molecule has 1 aromatic carbocycles. The monoisotopic (exact) mass is 378 g/mol. The number of methoxy groups -OCH3 is 1. The first-order valence-corrected chi connectivity index (χ1v) is 9.50. The highest BCUT2D eigenvalue weighted by atomic mass is 16.5. The van der Waals surface area contributed by atoms with Gasteiger partial charge in [0, 0.05) is 33.2 Å². The average Bonchev–Trinajstić information content (AvgIpc) is 2.61. The largest absolute Gasteiger partial charge is 0.495 e. The minimum Gasteiger partial charge on any atom is -0.495 e. The maximum Gasteiger partial charge on any atom is 0.221 e. The molecule has 0 spiro atoms. The Labute approximate surface area is 162 Å². The average molecular weight is 379 g/mol. The van der Waals surface area contributed by atoms with Crippen molar-refractivity contribution in [2.75, 3.05) is 38.7 Å². The van der Waals surface area contributed by atoms with Gasteiger partial charge in [0.1, 0.15) is 5.75 Å². The van der Waals surface area contributed by atoms with Crippen LogP contribution in [0.25, 0.3) is 0 Å². The van der Waals surface area contributed by atoms with E-state index in [1.807, 2.05) is 25.1 Å². The molecule has 0 unspecified atom stereocenters. The second kappa shape index (κ2) is 13.0. The number of amides is 1. The minimum absolute atomic E-state index is 0.136. The van der Waals surface area contributed by atoms with Gasteiger partial charge in [0.25, 0.3) is 0 Å². The van der Waals surface area contributed by atoms with Crippen molar-refractivity contribution in [3.63, 3.8) is 0 Å². The number of hydrogen-bond acceptors (Lipinski definition) is 4. The molecule has 0 bridgehead atoms. The molecule has 1 amide bonds. The van der Waals surface area contributed by atoms with Gasteiger partial charge in [-0.3, -0.25) is 4.79 Å². The molecule has 27 heavy (non-hydrogen) atoms. The molecule has 0 radical (unpaired) electrons. The Balaban J connectivity index is 2.59. The lowest BCUT2D eigenvalue weighted by Gasteiger charge is -2.13. The second-order valence-corrected chi connectivity index (χ2v) is 6.66. The molecule has 7 nitrogen and oxygen atoms in total. The number of ether oxygens (including phenoxy) is 2. The minimum atomic E-state index is -0.136. The quantitative estimate of drug-likeness (QED) is 0.313. The molecule has 0 aromatic heterocycles. The fourth-order valence-corrected chi connectivity index (χ4v) is 2.35. The summed E-state index contributed by atoms with van der Waals surface area (Å²) >= 11 is 0. The summed E-state index contributed by atoms with van der Waals surface area (Å²) in [5, 5.41) is 9.33.